The average Bonchev–Trinajstić information content (AvgIpc) is 3.28. The van der Waals surface area contributed by atoms with E-state index in [1.54, 1.807) is 0 Å². The summed E-state index contributed by atoms with van der Waals surface area (Å²) in [6, 6.07) is 21.7. The summed E-state index contributed by atoms with van der Waals surface area (Å²) in [5, 5.41) is 4.82. The summed E-state index contributed by atoms with van der Waals surface area (Å²) >= 11 is 0. The van der Waals surface area contributed by atoms with E-state index >= 15 is 0 Å². The molecule has 21 heavy (non-hydrogen) atoms. The Bertz CT molecular complexity index is 780. The van der Waals surface area contributed by atoms with Crippen LogP contribution in [0.1, 0.15) is 23.5 Å². The van der Waals surface area contributed by atoms with Crippen LogP contribution in [-0.4, -0.2) is 11.0 Å². The minimum atomic E-state index is 0.514. The molecule has 0 spiro atoms. The van der Waals surface area contributed by atoms with E-state index in [0.29, 0.717) is 12.0 Å². The largest absolute Gasteiger partial charge is 0.366 e. The molecule has 0 radical (unpaired) electrons. The van der Waals surface area contributed by atoms with Crippen LogP contribution in [0.5, 0.6) is 0 Å². The monoisotopic (exact) mass is 274 g/mol. The predicted octanol–water partition coefficient (Wildman–Crippen LogP) is 4.51. The standard InChI is InChI=1S/C19H18N2/c1-13-11-15-9-5-6-10-17(15)20-19(13)21-18-12-16(18)14-7-3-2-4-8-14/h2-11,16,18H,12H2,1H3,(H,20,21). The summed E-state index contributed by atoms with van der Waals surface area (Å²) in [6.45, 7) is 2.13. The van der Waals surface area contributed by atoms with Gasteiger partial charge in [-0.3, -0.25) is 0 Å². The van der Waals surface area contributed by atoms with Crippen molar-refractivity contribution >= 4 is 16.7 Å². The first-order chi connectivity index (χ1) is 10.3. The molecule has 4 rings (SSSR count). The minimum absolute atomic E-state index is 0.514. The SMILES string of the molecule is Cc1cc2ccccc2nc1NC1CC1c1ccccc1. The number of para-hydroxylation sites is 1. The molecule has 2 unspecified atom stereocenters. The van der Waals surface area contributed by atoms with E-state index in [2.05, 4.69) is 66.8 Å². The number of rotatable bonds is 3. The van der Waals surface area contributed by atoms with E-state index in [4.69, 9.17) is 4.98 Å². The molecule has 1 aliphatic carbocycles. The number of hydrogen-bond donors (Lipinski definition) is 1. The van der Waals surface area contributed by atoms with Crippen LogP contribution in [0.2, 0.25) is 0 Å². The van der Waals surface area contributed by atoms with Gasteiger partial charge in [-0.15, -0.1) is 0 Å². The Morgan fingerprint density at radius 2 is 1.76 bits per heavy atom. The van der Waals surface area contributed by atoms with Crippen LogP contribution in [0.25, 0.3) is 10.9 Å². The third-order valence-electron chi connectivity index (χ3n) is 4.25. The smallest absolute Gasteiger partial charge is 0.129 e. The van der Waals surface area contributed by atoms with Crippen molar-refractivity contribution in [1.29, 1.82) is 0 Å². The molecule has 1 fully saturated rings. The van der Waals surface area contributed by atoms with Gasteiger partial charge in [0.05, 0.1) is 5.52 Å². The van der Waals surface area contributed by atoms with Gasteiger partial charge in [0.2, 0.25) is 0 Å². The molecule has 2 atom stereocenters. The Morgan fingerprint density at radius 3 is 2.62 bits per heavy atom. The summed E-state index contributed by atoms with van der Waals surface area (Å²) in [6.07, 6.45) is 1.19. The highest BCUT2D eigenvalue weighted by atomic mass is 15.1. The molecule has 0 aliphatic heterocycles. The summed E-state index contributed by atoms with van der Waals surface area (Å²) < 4.78 is 0. The molecule has 1 N–H and O–H groups in total. The molecule has 0 bridgehead atoms. The quantitative estimate of drug-likeness (QED) is 0.760. The van der Waals surface area contributed by atoms with Crippen molar-refractivity contribution in [2.24, 2.45) is 0 Å². The number of pyridine rings is 1. The number of aromatic nitrogens is 1. The summed E-state index contributed by atoms with van der Waals surface area (Å²) in [5.74, 6) is 1.65. The van der Waals surface area contributed by atoms with Gasteiger partial charge in [-0.2, -0.15) is 0 Å². The lowest BCUT2D eigenvalue weighted by Gasteiger charge is -2.10. The van der Waals surface area contributed by atoms with Crippen LogP contribution < -0.4 is 5.32 Å². The molecule has 3 aromatic rings. The number of benzene rings is 2. The van der Waals surface area contributed by atoms with Gasteiger partial charge in [-0.05, 0) is 36.6 Å². The zero-order valence-corrected chi connectivity index (χ0v) is 12.1. The highest BCUT2D eigenvalue weighted by Gasteiger charge is 2.38. The Labute approximate surface area is 124 Å². The molecule has 1 heterocycles. The zero-order chi connectivity index (χ0) is 14.2. The lowest BCUT2D eigenvalue weighted by molar-refractivity contribution is 1.03. The van der Waals surface area contributed by atoms with Gasteiger partial charge in [0.15, 0.2) is 0 Å². The predicted molar refractivity (Wildman–Crippen MR) is 87.7 cm³/mol. The lowest BCUT2D eigenvalue weighted by Crippen LogP contribution is -2.07. The van der Waals surface area contributed by atoms with Gasteiger partial charge in [0, 0.05) is 17.3 Å². The third kappa shape index (κ3) is 2.38. The number of aryl methyl sites for hydroxylation is 1. The summed E-state index contributed by atoms with van der Waals surface area (Å²) in [4.78, 5) is 4.77. The van der Waals surface area contributed by atoms with E-state index in [0.717, 1.165) is 11.3 Å². The molecule has 104 valence electrons. The lowest BCUT2D eigenvalue weighted by atomic mass is 10.1. The van der Waals surface area contributed by atoms with Crippen molar-refractivity contribution in [3.63, 3.8) is 0 Å². The van der Waals surface area contributed by atoms with Crippen molar-refractivity contribution < 1.29 is 0 Å². The third-order valence-corrected chi connectivity index (χ3v) is 4.25. The molecule has 0 amide bonds. The molecule has 1 aliphatic rings. The maximum absolute atomic E-state index is 4.77. The number of hydrogen-bond acceptors (Lipinski definition) is 2. The second-order valence-corrected chi connectivity index (χ2v) is 5.85. The normalized spacial score (nSPS) is 20.4. The topological polar surface area (TPSA) is 24.9 Å². The molecule has 1 aromatic heterocycles. The molecule has 2 heteroatoms. The first-order valence-electron chi connectivity index (χ1n) is 7.49. The zero-order valence-electron chi connectivity index (χ0n) is 12.1. The van der Waals surface area contributed by atoms with Gasteiger partial charge in [0.25, 0.3) is 0 Å². The number of fused-ring (bicyclic) bond motifs is 1. The summed E-state index contributed by atoms with van der Waals surface area (Å²) in [7, 11) is 0. The maximum Gasteiger partial charge on any atom is 0.129 e. The van der Waals surface area contributed by atoms with Gasteiger partial charge < -0.3 is 5.32 Å². The number of nitrogens with zero attached hydrogens (tertiary/aromatic N) is 1. The van der Waals surface area contributed by atoms with Gasteiger partial charge in [0.1, 0.15) is 5.82 Å². The van der Waals surface area contributed by atoms with Crippen LogP contribution in [0.15, 0.2) is 60.7 Å². The van der Waals surface area contributed by atoms with Crippen molar-refractivity contribution in [1.82, 2.24) is 4.98 Å². The first kappa shape index (κ1) is 12.4. The minimum Gasteiger partial charge on any atom is -0.366 e. The van der Waals surface area contributed by atoms with Crippen LogP contribution in [0.4, 0.5) is 5.82 Å². The Morgan fingerprint density at radius 1 is 1.00 bits per heavy atom. The van der Waals surface area contributed by atoms with Crippen LogP contribution in [-0.2, 0) is 0 Å². The Balaban J connectivity index is 1.57. The Kier molecular flexibility index (Phi) is 2.88. The van der Waals surface area contributed by atoms with Crippen molar-refractivity contribution in [3.05, 3.63) is 71.8 Å². The molecule has 0 saturated heterocycles. The average molecular weight is 274 g/mol. The maximum atomic E-state index is 4.77. The molecule has 2 aromatic carbocycles. The van der Waals surface area contributed by atoms with Crippen molar-refractivity contribution in [2.45, 2.75) is 25.3 Å². The van der Waals surface area contributed by atoms with E-state index in [1.807, 2.05) is 6.07 Å². The van der Waals surface area contributed by atoms with Gasteiger partial charge in [-0.25, -0.2) is 4.98 Å². The van der Waals surface area contributed by atoms with E-state index in [9.17, 15) is 0 Å². The number of nitrogens with one attached hydrogen (secondary N) is 1. The van der Waals surface area contributed by atoms with Gasteiger partial charge in [-0.1, -0.05) is 48.5 Å². The fraction of sp³-hybridized carbons (Fsp3) is 0.211. The van der Waals surface area contributed by atoms with Crippen LogP contribution in [0, 0.1) is 6.92 Å². The van der Waals surface area contributed by atoms with Crippen LogP contribution >= 0.6 is 0 Å². The fourth-order valence-corrected chi connectivity index (χ4v) is 2.97. The van der Waals surface area contributed by atoms with E-state index in [-0.39, 0.29) is 0 Å². The second-order valence-electron chi connectivity index (χ2n) is 5.85. The van der Waals surface area contributed by atoms with E-state index in [1.165, 1.54) is 22.9 Å². The first-order valence-corrected chi connectivity index (χ1v) is 7.49. The molecule has 1 saturated carbocycles. The highest BCUT2D eigenvalue weighted by Crippen LogP contribution is 2.42. The highest BCUT2D eigenvalue weighted by molar-refractivity contribution is 5.81. The summed E-state index contributed by atoms with van der Waals surface area (Å²) in [5.41, 5.74) is 3.70. The molecular weight excluding hydrogens is 256 g/mol. The second kappa shape index (κ2) is 4.88. The van der Waals surface area contributed by atoms with Gasteiger partial charge >= 0.3 is 0 Å². The number of anilines is 1. The van der Waals surface area contributed by atoms with Crippen molar-refractivity contribution in [3.8, 4) is 0 Å². The van der Waals surface area contributed by atoms with Crippen LogP contribution in [0.3, 0.4) is 0 Å². The Hall–Kier alpha value is -2.35. The fourth-order valence-electron chi connectivity index (χ4n) is 2.97. The van der Waals surface area contributed by atoms with E-state index < -0.39 is 0 Å². The molecule has 2 nitrogen and oxygen atoms in total. The molecular formula is C19H18N2. The van der Waals surface area contributed by atoms with Crippen molar-refractivity contribution in [2.75, 3.05) is 5.32 Å².